The number of carbonyl (C=O) groups is 1. The van der Waals surface area contributed by atoms with Gasteiger partial charge in [0.2, 0.25) is 0 Å². The molecule has 0 aliphatic carbocycles. The number of aliphatic hydroxyl groups is 1. The summed E-state index contributed by atoms with van der Waals surface area (Å²) in [5, 5.41) is 20.9. The van der Waals surface area contributed by atoms with Crippen molar-refractivity contribution in [3.8, 4) is 10.6 Å². The molecule has 4 nitrogen and oxygen atoms in total. The van der Waals surface area contributed by atoms with E-state index in [0.717, 1.165) is 22.3 Å². The van der Waals surface area contributed by atoms with E-state index in [2.05, 4.69) is 4.98 Å². The third-order valence-electron chi connectivity index (χ3n) is 7.29. The summed E-state index contributed by atoms with van der Waals surface area (Å²) in [6.07, 6.45) is -10.3. The molecule has 0 unspecified atom stereocenters. The van der Waals surface area contributed by atoms with Crippen LogP contribution in [0.4, 0.5) is 26.3 Å². The van der Waals surface area contributed by atoms with Crippen molar-refractivity contribution in [2.24, 2.45) is 0 Å². The van der Waals surface area contributed by atoms with E-state index >= 15 is 0 Å². The zero-order chi connectivity index (χ0) is 30.1. The number of rotatable bonds is 9. The molecule has 3 aromatic rings. The number of hydrogen-bond donors (Lipinski definition) is 2. The normalized spacial score (nSPS) is 13.3. The van der Waals surface area contributed by atoms with Gasteiger partial charge < -0.3 is 10.2 Å². The van der Waals surface area contributed by atoms with Crippen molar-refractivity contribution < 1.29 is 41.4 Å². The SMILES string of the molecule is CCC(CC)(c1ccc(/C=C/C(O)(C(F)(F)F)C(F)(F)F)c(C)c1)c1ccc(-c2nc(CC(=O)O)cs2)c(C)c1. The Bertz CT molecular complexity index is 1390. The zero-order valence-corrected chi connectivity index (χ0v) is 23.1. The Morgan fingerprint density at radius 1 is 0.925 bits per heavy atom. The van der Waals surface area contributed by atoms with E-state index in [9.17, 15) is 36.2 Å². The van der Waals surface area contributed by atoms with Crippen molar-refractivity contribution in [1.82, 2.24) is 4.98 Å². The van der Waals surface area contributed by atoms with E-state index in [4.69, 9.17) is 5.11 Å². The maximum Gasteiger partial charge on any atom is 0.430 e. The van der Waals surface area contributed by atoms with Crippen LogP contribution in [0.1, 0.15) is 60.2 Å². The molecule has 40 heavy (non-hydrogen) atoms. The molecule has 1 aromatic heterocycles. The lowest BCUT2D eigenvalue weighted by molar-refractivity contribution is -0.347. The van der Waals surface area contributed by atoms with E-state index in [1.54, 1.807) is 24.4 Å². The van der Waals surface area contributed by atoms with E-state index in [1.807, 2.05) is 39.0 Å². The van der Waals surface area contributed by atoms with Crippen molar-refractivity contribution in [3.05, 3.63) is 81.4 Å². The van der Waals surface area contributed by atoms with Crippen molar-refractivity contribution in [2.45, 2.75) is 70.3 Å². The molecule has 0 aliphatic rings. The van der Waals surface area contributed by atoms with Crippen molar-refractivity contribution in [3.63, 3.8) is 0 Å². The van der Waals surface area contributed by atoms with E-state index < -0.39 is 29.3 Å². The van der Waals surface area contributed by atoms with Gasteiger partial charge in [0, 0.05) is 16.4 Å². The molecular weight excluding hydrogens is 556 g/mol. The molecule has 0 fully saturated rings. The average Bonchev–Trinajstić information content (AvgIpc) is 3.30. The molecule has 0 bridgehead atoms. The van der Waals surface area contributed by atoms with Crippen LogP contribution in [0, 0.1) is 13.8 Å². The minimum atomic E-state index is -5.93. The lowest BCUT2D eigenvalue weighted by Gasteiger charge is -2.34. The highest BCUT2D eigenvalue weighted by Gasteiger charge is 2.68. The number of thiazole rings is 1. The lowest BCUT2D eigenvalue weighted by atomic mass is 9.69. The zero-order valence-electron chi connectivity index (χ0n) is 22.2. The molecule has 0 amide bonds. The van der Waals surface area contributed by atoms with Gasteiger partial charge in [-0.25, -0.2) is 4.98 Å². The van der Waals surface area contributed by atoms with Gasteiger partial charge >= 0.3 is 18.3 Å². The van der Waals surface area contributed by atoms with Crippen molar-refractivity contribution >= 4 is 23.4 Å². The highest BCUT2D eigenvalue weighted by atomic mass is 32.1. The van der Waals surface area contributed by atoms with Gasteiger partial charge in [-0.3, -0.25) is 4.79 Å². The molecule has 3 rings (SSSR count). The van der Waals surface area contributed by atoms with E-state index in [-0.39, 0.29) is 18.1 Å². The van der Waals surface area contributed by atoms with Crippen LogP contribution in [0.3, 0.4) is 0 Å². The molecule has 1 heterocycles. The third-order valence-corrected chi connectivity index (χ3v) is 8.22. The number of benzene rings is 2. The molecule has 216 valence electrons. The number of aromatic nitrogens is 1. The number of alkyl halides is 6. The van der Waals surface area contributed by atoms with Crippen molar-refractivity contribution in [2.75, 3.05) is 0 Å². The first-order valence-corrected chi connectivity index (χ1v) is 13.3. The Kier molecular flexibility index (Phi) is 8.91. The van der Waals surface area contributed by atoms with Gasteiger partial charge in [0.1, 0.15) is 5.01 Å². The second kappa shape index (κ2) is 11.4. The number of aliphatic carboxylic acids is 1. The van der Waals surface area contributed by atoms with Gasteiger partial charge in [0.25, 0.3) is 5.60 Å². The Morgan fingerprint density at radius 3 is 1.95 bits per heavy atom. The minimum Gasteiger partial charge on any atom is -0.481 e. The summed E-state index contributed by atoms with van der Waals surface area (Å²) < 4.78 is 78.5. The van der Waals surface area contributed by atoms with Crippen LogP contribution >= 0.6 is 11.3 Å². The molecule has 2 aromatic carbocycles. The monoisotopic (exact) mass is 585 g/mol. The first kappa shape index (κ1) is 31.3. The van der Waals surface area contributed by atoms with Gasteiger partial charge in [-0.05, 0) is 60.6 Å². The van der Waals surface area contributed by atoms with E-state index in [0.29, 0.717) is 35.2 Å². The summed E-state index contributed by atoms with van der Waals surface area (Å²) in [5.74, 6) is -0.965. The first-order valence-electron chi connectivity index (χ1n) is 12.4. The maximum absolute atomic E-state index is 13.1. The Morgan fingerprint density at radius 2 is 1.48 bits per heavy atom. The fourth-order valence-corrected chi connectivity index (χ4v) is 5.73. The highest BCUT2D eigenvalue weighted by Crippen LogP contribution is 2.45. The number of carboxylic acids is 1. The second-order valence-corrected chi connectivity index (χ2v) is 10.6. The Labute approximate surface area is 232 Å². The summed E-state index contributed by atoms with van der Waals surface area (Å²) in [5.41, 5.74) is -0.802. The second-order valence-electron chi connectivity index (χ2n) is 9.70. The van der Waals surface area contributed by atoms with Crippen molar-refractivity contribution in [1.29, 1.82) is 0 Å². The molecule has 0 radical (unpaired) electrons. The van der Waals surface area contributed by atoms with Crippen LogP contribution in [0.15, 0.2) is 47.9 Å². The van der Waals surface area contributed by atoms with Gasteiger partial charge in [-0.2, -0.15) is 26.3 Å². The van der Waals surface area contributed by atoms with Crippen LogP contribution in [0.5, 0.6) is 0 Å². The molecule has 0 saturated heterocycles. The fourth-order valence-electron chi connectivity index (χ4n) is 4.82. The lowest BCUT2D eigenvalue weighted by Crippen LogP contribution is -2.55. The summed E-state index contributed by atoms with van der Waals surface area (Å²) in [6, 6.07) is 10.8. The molecule has 0 saturated carbocycles. The maximum atomic E-state index is 13.1. The average molecular weight is 586 g/mol. The molecule has 11 heteroatoms. The predicted octanol–water partition coefficient (Wildman–Crippen LogP) is 8.03. The van der Waals surface area contributed by atoms with Crippen LogP contribution in [0.2, 0.25) is 0 Å². The number of halogens is 6. The first-order chi connectivity index (χ1) is 18.5. The molecule has 0 aliphatic heterocycles. The smallest absolute Gasteiger partial charge is 0.430 e. The van der Waals surface area contributed by atoms with Crippen LogP contribution < -0.4 is 0 Å². The van der Waals surface area contributed by atoms with E-state index in [1.165, 1.54) is 17.4 Å². The minimum absolute atomic E-state index is 0.115. The third kappa shape index (κ3) is 5.95. The van der Waals surface area contributed by atoms with Gasteiger partial charge in [0.05, 0.1) is 12.1 Å². The number of nitrogens with zero attached hydrogens (tertiary/aromatic N) is 1. The highest BCUT2D eigenvalue weighted by molar-refractivity contribution is 7.13. The molecule has 2 N–H and O–H groups in total. The van der Waals surface area contributed by atoms with Crippen LogP contribution in [0.25, 0.3) is 16.6 Å². The summed E-state index contributed by atoms with van der Waals surface area (Å²) >= 11 is 1.35. The van der Waals surface area contributed by atoms with Crippen LogP contribution in [-0.4, -0.2) is 39.1 Å². The number of carboxylic acid groups (broad SMARTS) is 1. The van der Waals surface area contributed by atoms with Crippen LogP contribution in [-0.2, 0) is 16.6 Å². The fraction of sp³-hybridized carbons (Fsp3) is 0.379. The number of aryl methyl sites for hydroxylation is 2. The largest absolute Gasteiger partial charge is 0.481 e. The Balaban J connectivity index is 2.00. The topological polar surface area (TPSA) is 70.4 Å². The molecule has 0 atom stereocenters. The standard InChI is InChI=1S/C29H29F6NO3S/c1-5-26(6-2,21-9-10-23(18(4)14-21)25-36-22(16-40-25)15-24(37)38)20-8-7-19(17(3)13-20)11-12-27(39,28(30,31)32)29(33,34)35/h7-14,16,39H,5-6,15H2,1-4H3,(H,37,38)/b12-11+. The van der Waals surface area contributed by atoms with Gasteiger partial charge in [-0.1, -0.05) is 56.3 Å². The predicted molar refractivity (Wildman–Crippen MR) is 142 cm³/mol. The number of hydrogen-bond acceptors (Lipinski definition) is 4. The van der Waals surface area contributed by atoms with Gasteiger partial charge in [0.15, 0.2) is 0 Å². The summed E-state index contributed by atoms with van der Waals surface area (Å²) in [4.78, 5) is 15.4. The molecular formula is C29H29F6NO3S. The molecule has 0 spiro atoms. The summed E-state index contributed by atoms with van der Waals surface area (Å²) in [6.45, 7) is 7.52. The van der Waals surface area contributed by atoms with Gasteiger partial charge in [-0.15, -0.1) is 11.3 Å². The summed E-state index contributed by atoms with van der Waals surface area (Å²) in [7, 11) is 0. The Hall–Kier alpha value is -3.18. The quantitative estimate of drug-likeness (QED) is 0.250.